The van der Waals surface area contributed by atoms with Gasteiger partial charge >= 0.3 is 0 Å². The molecule has 2 heterocycles. The first kappa shape index (κ1) is 21.4. The van der Waals surface area contributed by atoms with Gasteiger partial charge in [0.15, 0.2) is 22.4 Å². The largest absolute Gasteiger partial charge is 0.396 e. The summed E-state index contributed by atoms with van der Waals surface area (Å²) in [7, 11) is -2.47. The molecule has 2 fully saturated rings. The first-order valence-electron chi connectivity index (χ1n) is 9.87. The maximum Gasteiger partial charge on any atom is 0.186 e. The lowest BCUT2D eigenvalue weighted by atomic mass is 9.90. The van der Waals surface area contributed by atoms with Crippen LogP contribution in [0.5, 0.6) is 0 Å². The standard InChI is InChI=1S/C22H26O7S/c1-14-8-10-16(11-9-14)30(24,25)20-17(12-23)19-18(28-22(20)26-2)13-27-21(29-19)15-6-4-3-5-7-15/h3-11,17-23H,12-13H2,1-2H3/t17-,18-,19+,20-,21?,22-/m1/s1. The highest BCUT2D eigenvalue weighted by molar-refractivity contribution is 7.92. The normalized spacial score (nSPS) is 31.8. The fraction of sp³-hybridized carbons (Fsp3) is 0.455. The van der Waals surface area contributed by atoms with Gasteiger partial charge in [-0.3, -0.25) is 0 Å². The number of aliphatic hydroxyl groups excluding tert-OH is 1. The molecule has 2 aliphatic heterocycles. The van der Waals surface area contributed by atoms with Crippen LogP contribution in [0.3, 0.4) is 0 Å². The van der Waals surface area contributed by atoms with Gasteiger partial charge in [0.1, 0.15) is 11.4 Å². The third-order valence-corrected chi connectivity index (χ3v) is 7.92. The minimum atomic E-state index is -3.86. The Morgan fingerprint density at radius 1 is 1.07 bits per heavy atom. The van der Waals surface area contributed by atoms with Crippen LogP contribution in [0.2, 0.25) is 0 Å². The smallest absolute Gasteiger partial charge is 0.186 e. The van der Waals surface area contributed by atoms with Crippen LogP contribution in [0, 0.1) is 12.8 Å². The number of rotatable bonds is 5. The Kier molecular flexibility index (Phi) is 6.24. The molecule has 0 saturated carbocycles. The molecule has 8 heteroatoms. The van der Waals surface area contributed by atoms with Gasteiger partial charge in [-0.05, 0) is 19.1 Å². The summed E-state index contributed by atoms with van der Waals surface area (Å²) in [6.45, 7) is 1.71. The van der Waals surface area contributed by atoms with E-state index in [1.165, 1.54) is 7.11 Å². The van der Waals surface area contributed by atoms with Crippen molar-refractivity contribution in [3.8, 4) is 0 Å². The van der Waals surface area contributed by atoms with Gasteiger partial charge in [0.05, 0.1) is 17.6 Å². The third-order valence-electron chi connectivity index (χ3n) is 5.70. The van der Waals surface area contributed by atoms with E-state index in [2.05, 4.69) is 0 Å². The van der Waals surface area contributed by atoms with Gasteiger partial charge in [0.2, 0.25) is 0 Å². The lowest BCUT2D eigenvalue weighted by molar-refractivity contribution is -0.327. The lowest BCUT2D eigenvalue weighted by Crippen LogP contribution is -2.62. The van der Waals surface area contributed by atoms with Crippen molar-refractivity contribution in [3.05, 3.63) is 65.7 Å². The number of sulfone groups is 1. The predicted molar refractivity (Wildman–Crippen MR) is 108 cm³/mol. The van der Waals surface area contributed by atoms with Gasteiger partial charge in [-0.15, -0.1) is 0 Å². The topological polar surface area (TPSA) is 91.3 Å². The van der Waals surface area contributed by atoms with Gasteiger partial charge in [-0.25, -0.2) is 8.42 Å². The zero-order valence-electron chi connectivity index (χ0n) is 16.9. The van der Waals surface area contributed by atoms with Crippen molar-refractivity contribution in [1.82, 2.24) is 0 Å². The molecule has 0 spiro atoms. The van der Waals surface area contributed by atoms with Crippen LogP contribution in [0.1, 0.15) is 17.4 Å². The van der Waals surface area contributed by atoms with Gasteiger partial charge in [0.25, 0.3) is 0 Å². The summed E-state index contributed by atoms with van der Waals surface area (Å²) in [6, 6.07) is 16.0. The highest BCUT2D eigenvalue weighted by Gasteiger charge is 2.54. The highest BCUT2D eigenvalue weighted by Crippen LogP contribution is 2.40. The van der Waals surface area contributed by atoms with E-state index in [1.807, 2.05) is 37.3 Å². The summed E-state index contributed by atoms with van der Waals surface area (Å²) < 4.78 is 50.3. The molecular weight excluding hydrogens is 408 g/mol. The maximum atomic E-state index is 13.5. The predicted octanol–water partition coefficient (Wildman–Crippen LogP) is 2.23. The highest BCUT2D eigenvalue weighted by atomic mass is 32.2. The van der Waals surface area contributed by atoms with E-state index in [-0.39, 0.29) is 18.1 Å². The van der Waals surface area contributed by atoms with E-state index in [9.17, 15) is 13.5 Å². The zero-order chi connectivity index (χ0) is 21.3. The molecular formula is C22H26O7S. The molecule has 2 aliphatic rings. The second-order valence-corrected chi connectivity index (χ2v) is 9.73. The van der Waals surface area contributed by atoms with E-state index in [0.717, 1.165) is 11.1 Å². The zero-order valence-corrected chi connectivity index (χ0v) is 17.7. The second-order valence-electron chi connectivity index (χ2n) is 7.62. The molecule has 2 aromatic carbocycles. The average molecular weight is 435 g/mol. The van der Waals surface area contributed by atoms with Crippen molar-refractivity contribution in [2.24, 2.45) is 5.92 Å². The van der Waals surface area contributed by atoms with Gasteiger partial charge in [-0.2, -0.15) is 0 Å². The van der Waals surface area contributed by atoms with E-state index in [0.29, 0.717) is 0 Å². The second kappa shape index (κ2) is 8.74. The molecule has 2 saturated heterocycles. The Labute approximate surface area is 176 Å². The summed E-state index contributed by atoms with van der Waals surface area (Å²) in [5, 5.41) is 9.11. The van der Waals surface area contributed by atoms with Crippen LogP contribution in [-0.4, -0.2) is 57.6 Å². The van der Waals surface area contributed by atoms with Crippen LogP contribution >= 0.6 is 0 Å². The Morgan fingerprint density at radius 2 is 1.77 bits per heavy atom. The maximum absolute atomic E-state index is 13.5. The van der Waals surface area contributed by atoms with Crippen molar-refractivity contribution in [2.45, 2.75) is 41.9 Å². The van der Waals surface area contributed by atoms with Crippen molar-refractivity contribution in [1.29, 1.82) is 0 Å². The minimum Gasteiger partial charge on any atom is -0.396 e. The fourth-order valence-electron chi connectivity index (χ4n) is 4.12. The summed E-state index contributed by atoms with van der Waals surface area (Å²) >= 11 is 0. The number of ether oxygens (including phenoxy) is 4. The summed E-state index contributed by atoms with van der Waals surface area (Å²) in [4.78, 5) is 0.160. The molecule has 6 atom stereocenters. The molecule has 162 valence electrons. The van der Waals surface area contributed by atoms with Crippen LogP contribution < -0.4 is 0 Å². The van der Waals surface area contributed by atoms with Gasteiger partial charge < -0.3 is 24.1 Å². The molecule has 1 N–H and O–H groups in total. The number of hydrogen-bond acceptors (Lipinski definition) is 7. The number of benzene rings is 2. The Hall–Kier alpha value is -1.81. The van der Waals surface area contributed by atoms with E-state index >= 15 is 0 Å². The Balaban J connectivity index is 1.67. The van der Waals surface area contributed by atoms with Crippen LogP contribution in [0.25, 0.3) is 0 Å². The van der Waals surface area contributed by atoms with E-state index < -0.39 is 45.8 Å². The average Bonchev–Trinajstić information content (AvgIpc) is 2.78. The monoisotopic (exact) mass is 434 g/mol. The molecule has 0 aliphatic carbocycles. The number of hydrogen-bond donors (Lipinski definition) is 1. The van der Waals surface area contributed by atoms with Gasteiger partial charge in [-0.1, -0.05) is 48.0 Å². The lowest BCUT2D eigenvalue weighted by Gasteiger charge is -2.48. The molecule has 0 aromatic heterocycles. The molecule has 30 heavy (non-hydrogen) atoms. The van der Waals surface area contributed by atoms with Crippen molar-refractivity contribution < 1.29 is 32.5 Å². The van der Waals surface area contributed by atoms with Crippen molar-refractivity contribution >= 4 is 9.84 Å². The Bertz CT molecular complexity index is 945. The number of methoxy groups -OCH3 is 1. The molecule has 7 nitrogen and oxygen atoms in total. The first-order chi connectivity index (χ1) is 14.5. The molecule has 0 radical (unpaired) electrons. The Morgan fingerprint density at radius 3 is 2.40 bits per heavy atom. The molecule has 2 aromatic rings. The SMILES string of the molecule is CO[C@@H]1O[C@@H]2COC(c3ccccc3)O[C@H]2[C@@H](CO)[C@H]1S(=O)(=O)c1ccc(C)cc1. The van der Waals surface area contributed by atoms with E-state index in [1.54, 1.807) is 24.3 Å². The minimum absolute atomic E-state index is 0.160. The molecule has 1 unspecified atom stereocenters. The van der Waals surface area contributed by atoms with Crippen LogP contribution in [-0.2, 0) is 28.8 Å². The van der Waals surface area contributed by atoms with Crippen LogP contribution in [0.15, 0.2) is 59.5 Å². The van der Waals surface area contributed by atoms with Crippen LogP contribution in [0.4, 0.5) is 0 Å². The van der Waals surface area contributed by atoms with Crippen molar-refractivity contribution in [3.63, 3.8) is 0 Å². The number of fused-ring (bicyclic) bond motifs is 1. The summed E-state index contributed by atoms with van der Waals surface area (Å²) in [5.41, 5.74) is 1.77. The van der Waals surface area contributed by atoms with Gasteiger partial charge in [0, 0.05) is 25.2 Å². The summed E-state index contributed by atoms with van der Waals surface area (Å²) in [6.07, 6.45) is -2.91. The quantitative estimate of drug-likeness (QED) is 0.772. The number of aryl methyl sites for hydroxylation is 1. The molecule has 0 amide bonds. The summed E-state index contributed by atoms with van der Waals surface area (Å²) in [5.74, 6) is -0.741. The third kappa shape index (κ3) is 3.91. The fourth-order valence-corrected chi connectivity index (χ4v) is 6.12. The van der Waals surface area contributed by atoms with Crippen molar-refractivity contribution in [2.75, 3.05) is 20.3 Å². The first-order valence-corrected chi connectivity index (χ1v) is 11.4. The van der Waals surface area contributed by atoms with E-state index in [4.69, 9.17) is 18.9 Å². The molecule has 0 bridgehead atoms. The number of aliphatic hydroxyl groups is 1. The molecule has 4 rings (SSSR count).